The first kappa shape index (κ1) is 26.4. The Balaban J connectivity index is 1.37. The van der Waals surface area contributed by atoms with E-state index >= 15 is 0 Å². The van der Waals surface area contributed by atoms with Crippen LogP contribution in [0.15, 0.2) is 60.3 Å². The largest absolute Gasteiger partial charge is 0.404 e. The van der Waals surface area contributed by atoms with Crippen LogP contribution in [0.5, 0.6) is 0 Å². The van der Waals surface area contributed by atoms with Crippen LogP contribution in [0, 0.1) is 11.2 Å². The number of hydrogen-bond donors (Lipinski definition) is 2. The summed E-state index contributed by atoms with van der Waals surface area (Å²) >= 11 is 0. The van der Waals surface area contributed by atoms with Gasteiger partial charge in [0.1, 0.15) is 5.82 Å². The number of sulfonamides is 1. The molecule has 6 nitrogen and oxygen atoms in total. The van der Waals surface area contributed by atoms with Crippen molar-refractivity contribution >= 4 is 21.8 Å². The van der Waals surface area contributed by atoms with E-state index in [2.05, 4.69) is 9.82 Å². The summed E-state index contributed by atoms with van der Waals surface area (Å²) in [6.45, 7) is 2.00. The summed E-state index contributed by atoms with van der Waals surface area (Å²) < 4.78 is 79.4. The van der Waals surface area contributed by atoms with Crippen LogP contribution in [0.4, 0.5) is 23.2 Å². The number of halogens is 4. The molecule has 0 saturated heterocycles. The molecule has 2 atom stereocenters. The zero-order chi connectivity index (χ0) is 27.3. The molecule has 2 aromatic carbocycles. The van der Waals surface area contributed by atoms with Crippen molar-refractivity contribution in [2.45, 2.75) is 50.8 Å². The molecule has 0 spiro atoms. The Morgan fingerprint density at radius 2 is 1.84 bits per heavy atom. The molecule has 3 aromatic rings. The molecule has 0 bridgehead atoms. The maximum atomic E-state index is 13.4. The second kappa shape index (κ2) is 9.23. The van der Waals surface area contributed by atoms with Crippen molar-refractivity contribution in [2.75, 3.05) is 10.5 Å². The molecular weight excluding hydrogens is 522 g/mol. The van der Waals surface area contributed by atoms with Gasteiger partial charge in [0.25, 0.3) is 0 Å². The highest BCUT2D eigenvalue weighted by atomic mass is 32.2. The van der Waals surface area contributed by atoms with Crippen LogP contribution in [0.2, 0.25) is 0 Å². The van der Waals surface area contributed by atoms with Gasteiger partial charge in [0.2, 0.25) is 10.0 Å². The third kappa shape index (κ3) is 4.96. The van der Waals surface area contributed by atoms with Gasteiger partial charge >= 0.3 is 6.18 Å². The van der Waals surface area contributed by atoms with Gasteiger partial charge in [-0.2, -0.15) is 18.3 Å². The lowest BCUT2D eigenvalue weighted by Gasteiger charge is -2.42. The minimum atomic E-state index is -4.86. The maximum absolute atomic E-state index is 13.4. The highest BCUT2D eigenvalue weighted by molar-refractivity contribution is 7.92. The summed E-state index contributed by atoms with van der Waals surface area (Å²) in [7, 11) is -4.63. The Kier molecular flexibility index (Phi) is 6.42. The molecule has 2 aliphatic carbocycles. The molecule has 0 amide bonds. The summed E-state index contributed by atoms with van der Waals surface area (Å²) in [5.41, 5.74) is 2.49. The third-order valence-corrected chi connectivity index (χ3v) is 9.04. The molecular formula is C27H27F4N3O3S. The van der Waals surface area contributed by atoms with Crippen LogP contribution in [-0.4, -0.2) is 40.8 Å². The number of hydrogen-bond acceptors (Lipinski definition) is 4. The second-order valence-corrected chi connectivity index (χ2v) is 12.0. The molecule has 0 aliphatic heterocycles. The van der Waals surface area contributed by atoms with Crippen LogP contribution in [0.25, 0.3) is 11.8 Å². The Morgan fingerprint density at radius 3 is 2.55 bits per heavy atom. The molecule has 1 saturated carbocycles. The standard InChI is InChI=1S/C27H27F4N3O3S/c1-25-15-19-16-32-34(22-8-6-21(28)7-9-22)24(19)14-20(25)11-13-26(25,35)12-10-18-4-2-3-5-23(18)33-38(36,37)17-27(29,30)31/h2-9,14,16,33,35H,10-13,15,17H2,1H3/t25-,26-/m0/s1. The van der Waals surface area contributed by atoms with Gasteiger partial charge in [-0.3, -0.25) is 4.72 Å². The molecule has 1 heterocycles. The molecule has 0 radical (unpaired) electrons. The van der Waals surface area contributed by atoms with Crippen LogP contribution in [0.1, 0.15) is 43.0 Å². The van der Waals surface area contributed by atoms with Crippen LogP contribution < -0.4 is 4.72 Å². The SMILES string of the molecule is C[C@]12Cc3cnn(-c4ccc(F)cc4)c3C=C1CC[C@@]2(O)CCc1ccccc1NS(=O)(=O)CC(F)(F)F. The fraction of sp³-hybridized carbons (Fsp3) is 0.370. The summed E-state index contributed by atoms with van der Waals surface area (Å²) in [6.07, 6.45) is 1.17. The van der Waals surface area contributed by atoms with E-state index in [0.717, 1.165) is 22.5 Å². The Labute approximate surface area is 218 Å². The average molecular weight is 550 g/mol. The summed E-state index contributed by atoms with van der Waals surface area (Å²) in [6, 6.07) is 12.3. The third-order valence-electron chi connectivity index (χ3n) is 7.80. The molecule has 1 aromatic heterocycles. The van der Waals surface area contributed by atoms with Crippen molar-refractivity contribution in [3.63, 3.8) is 0 Å². The molecule has 2 aliphatic rings. The van der Waals surface area contributed by atoms with E-state index in [4.69, 9.17) is 0 Å². The van der Waals surface area contributed by atoms with Gasteiger partial charge in [0, 0.05) is 5.41 Å². The minimum absolute atomic E-state index is 0.0748. The van der Waals surface area contributed by atoms with E-state index in [1.807, 2.05) is 13.0 Å². The Bertz CT molecular complexity index is 1500. The molecule has 2 N–H and O–H groups in total. The van der Waals surface area contributed by atoms with Crippen molar-refractivity contribution in [3.05, 3.63) is 82.9 Å². The van der Waals surface area contributed by atoms with E-state index in [9.17, 15) is 31.1 Å². The van der Waals surface area contributed by atoms with Crippen LogP contribution >= 0.6 is 0 Å². The minimum Gasteiger partial charge on any atom is -0.389 e. The predicted octanol–water partition coefficient (Wildman–Crippen LogP) is 5.42. The molecule has 38 heavy (non-hydrogen) atoms. The molecule has 202 valence electrons. The summed E-state index contributed by atoms with van der Waals surface area (Å²) in [4.78, 5) is 0. The first-order valence-electron chi connectivity index (χ1n) is 12.2. The fourth-order valence-corrected chi connectivity index (χ4v) is 6.75. The Morgan fingerprint density at radius 1 is 1.13 bits per heavy atom. The van der Waals surface area contributed by atoms with Crippen molar-refractivity contribution in [1.29, 1.82) is 0 Å². The van der Waals surface area contributed by atoms with Crippen molar-refractivity contribution in [1.82, 2.24) is 9.78 Å². The van der Waals surface area contributed by atoms with Crippen molar-refractivity contribution in [3.8, 4) is 5.69 Å². The topological polar surface area (TPSA) is 84.2 Å². The lowest BCUT2D eigenvalue weighted by molar-refractivity contribution is -0.106. The lowest BCUT2D eigenvalue weighted by atomic mass is 9.65. The lowest BCUT2D eigenvalue weighted by Crippen LogP contribution is -2.45. The molecule has 11 heteroatoms. The first-order chi connectivity index (χ1) is 17.8. The molecule has 5 rings (SSSR count). The number of aliphatic hydroxyl groups is 1. The predicted molar refractivity (Wildman–Crippen MR) is 136 cm³/mol. The Hall–Kier alpha value is -3.18. The number of rotatable bonds is 7. The number of para-hydroxylation sites is 1. The number of aryl methyl sites for hydroxylation is 1. The number of aromatic nitrogens is 2. The van der Waals surface area contributed by atoms with E-state index < -0.39 is 33.0 Å². The fourth-order valence-electron chi connectivity index (χ4n) is 5.72. The number of anilines is 1. The van der Waals surface area contributed by atoms with Gasteiger partial charge in [0.05, 0.1) is 28.9 Å². The quantitative estimate of drug-likeness (QED) is 0.386. The van der Waals surface area contributed by atoms with Gasteiger partial charge in [0.15, 0.2) is 5.75 Å². The smallest absolute Gasteiger partial charge is 0.389 e. The normalized spacial score (nSPS) is 23.1. The van der Waals surface area contributed by atoms with E-state index in [-0.39, 0.29) is 17.9 Å². The van der Waals surface area contributed by atoms with Crippen LogP contribution in [-0.2, 0) is 22.9 Å². The maximum Gasteiger partial charge on any atom is 0.404 e. The summed E-state index contributed by atoms with van der Waals surface area (Å²) in [5, 5.41) is 16.4. The second-order valence-electron chi connectivity index (χ2n) is 10.3. The number of alkyl halides is 3. The molecule has 1 fully saturated rings. The summed E-state index contributed by atoms with van der Waals surface area (Å²) in [5.74, 6) is -2.31. The van der Waals surface area contributed by atoms with Gasteiger partial charge in [-0.15, -0.1) is 0 Å². The van der Waals surface area contributed by atoms with Gasteiger partial charge in [-0.25, -0.2) is 17.5 Å². The highest BCUT2D eigenvalue weighted by Gasteiger charge is 2.54. The van der Waals surface area contributed by atoms with Gasteiger partial charge < -0.3 is 5.11 Å². The highest BCUT2D eigenvalue weighted by Crippen LogP contribution is 2.57. The number of benzene rings is 2. The molecule has 0 unspecified atom stereocenters. The van der Waals surface area contributed by atoms with E-state index in [1.165, 1.54) is 18.2 Å². The van der Waals surface area contributed by atoms with E-state index in [0.29, 0.717) is 31.2 Å². The number of nitrogens with zero attached hydrogens (tertiary/aromatic N) is 2. The zero-order valence-corrected chi connectivity index (χ0v) is 21.4. The first-order valence-corrected chi connectivity index (χ1v) is 13.9. The number of nitrogens with one attached hydrogen (secondary N) is 1. The monoisotopic (exact) mass is 549 g/mol. The zero-order valence-electron chi connectivity index (χ0n) is 20.6. The number of fused-ring (bicyclic) bond motifs is 2. The average Bonchev–Trinajstić information content (AvgIpc) is 3.33. The van der Waals surface area contributed by atoms with Crippen LogP contribution in [0.3, 0.4) is 0 Å². The van der Waals surface area contributed by atoms with E-state index in [1.54, 1.807) is 41.2 Å². The van der Waals surface area contributed by atoms with Gasteiger partial charge in [-0.05, 0) is 79.6 Å². The van der Waals surface area contributed by atoms with Gasteiger partial charge in [-0.1, -0.05) is 30.7 Å². The van der Waals surface area contributed by atoms with Crippen molar-refractivity contribution < 1.29 is 31.1 Å². The van der Waals surface area contributed by atoms with Crippen molar-refractivity contribution in [2.24, 2.45) is 5.41 Å².